The molecule has 27 heavy (non-hydrogen) atoms. The van der Waals surface area contributed by atoms with Crippen LogP contribution in [0.2, 0.25) is 0 Å². The highest BCUT2D eigenvalue weighted by atomic mass is 16.3. The highest BCUT2D eigenvalue weighted by Gasteiger charge is 2.25. The SMILES string of the molecule is Cc1c(-c2c3c(N)n[nH]c(=O)c3nn2-c2ccccc2)oc2ccccc12. The number of nitrogen functional groups attached to an aromatic ring is 1. The Morgan fingerprint density at radius 1 is 1.07 bits per heavy atom. The van der Waals surface area contributed by atoms with E-state index in [-0.39, 0.29) is 11.3 Å². The minimum Gasteiger partial charge on any atom is -0.454 e. The smallest absolute Gasteiger partial charge is 0.292 e. The van der Waals surface area contributed by atoms with E-state index in [1.54, 1.807) is 4.68 Å². The minimum atomic E-state index is -0.399. The third-order valence-electron chi connectivity index (χ3n) is 4.69. The second-order valence-corrected chi connectivity index (χ2v) is 6.31. The molecule has 0 unspecified atom stereocenters. The van der Waals surface area contributed by atoms with Crippen LogP contribution >= 0.6 is 0 Å². The maximum atomic E-state index is 12.3. The van der Waals surface area contributed by atoms with E-state index in [1.165, 1.54) is 0 Å². The predicted molar refractivity (Wildman–Crippen MR) is 104 cm³/mol. The Bertz CT molecular complexity index is 1360. The van der Waals surface area contributed by atoms with Crippen LogP contribution < -0.4 is 11.3 Å². The lowest BCUT2D eigenvalue weighted by atomic mass is 10.1. The third kappa shape index (κ3) is 2.18. The molecule has 5 aromatic rings. The Hall–Kier alpha value is -3.87. The zero-order valence-electron chi connectivity index (χ0n) is 14.4. The molecule has 0 spiro atoms. The van der Waals surface area contributed by atoms with Gasteiger partial charge < -0.3 is 10.2 Å². The van der Waals surface area contributed by atoms with Crippen LogP contribution in [0.25, 0.3) is 39.0 Å². The second-order valence-electron chi connectivity index (χ2n) is 6.31. The molecule has 7 heteroatoms. The summed E-state index contributed by atoms with van der Waals surface area (Å²) in [5.41, 5.74) is 9.06. The van der Waals surface area contributed by atoms with Gasteiger partial charge in [0, 0.05) is 10.9 Å². The first-order valence-corrected chi connectivity index (χ1v) is 8.46. The number of anilines is 1. The lowest BCUT2D eigenvalue weighted by Crippen LogP contribution is -2.10. The number of nitrogens with zero attached hydrogens (tertiary/aromatic N) is 3. The highest BCUT2D eigenvalue weighted by molar-refractivity contribution is 6.02. The summed E-state index contributed by atoms with van der Waals surface area (Å²) in [6, 6.07) is 17.3. The molecule has 0 saturated heterocycles. The van der Waals surface area contributed by atoms with E-state index in [1.807, 2.05) is 61.5 Å². The minimum absolute atomic E-state index is 0.196. The van der Waals surface area contributed by atoms with Crippen LogP contribution in [0, 0.1) is 6.92 Å². The molecule has 3 aromatic heterocycles. The molecule has 0 fully saturated rings. The molecule has 132 valence electrons. The number of rotatable bonds is 2. The third-order valence-corrected chi connectivity index (χ3v) is 4.69. The molecule has 2 aromatic carbocycles. The highest BCUT2D eigenvalue weighted by Crippen LogP contribution is 2.38. The van der Waals surface area contributed by atoms with E-state index >= 15 is 0 Å². The number of nitrogens with one attached hydrogen (secondary N) is 1. The Morgan fingerprint density at radius 3 is 2.59 bits per heavy atom. The number of benzene rings is 2. The van der Waals surface area contributed by atoms with Gasteiger partial charge in [0.15, 0.2) is 17.1 Å². The van der Waals surface area contributed by atoms with Gasteiger partial charge in [-0.25, -0.2) is 9.78 Å². The molecule has 3 heterocycles. The summed E-state index contributed by atoms with van der Waals surface area (Å²) in [7, 11) is 0. The molecule has 0 aliphatic rings. The van der Waals surface area contributed by atoms with Crippen molar-refractivity contribution in [2.75, 3.05) is 5.73 Å². The van der Waals surface area contributed by atoms with E-state index in [2.05, 4.69) is 15.3 Å². The molecule has 0 amide bonds. The fourth-order valence-corrected chi connectivity index (χ4v) is 3.41. The predicted octanol–water partition coefficient (Wildman–Crippen LogP) is 3.41. The fourth-order valence-electron chi connectivity index (χ4n) is 3.41. The zero-order valence-corrected chi connectivity index (χ0v) is 14.4. The lowest BCUT2D eigenvalue weighted by Gasteiger charge is -2.07. The van der Waals surface area contributed by atoms with Gasteiger partial charge in [0.1, 0.15) is 11.3 Å². The number of aromatic nitrogens is 4. The van der Waals surface area contributed by atoms with Crippen molar-refractivity contribution in [3.05, 3.63) is 70.5 Å². The number of H-pyrrole nitrogens is 1. The molecule has 7 nitrogen and oxygen atoms in total. The Balaban J connectivity index is 1.97. The summed E-state index contributed by atoms with van der Waals surface area (Å²) in [5, 5.41) is 12.3. The van der Waals surface area contributed by atoms with Gasteiger partial charge in [-0.2, -0.15) is 10.2 Å². The van der Waals surface area contributed by atoms with Crippen LogP contribution in [0.5, 0.6) is 0 Å². The van der Waals surface area contributed by atoms with Crippen molar-refractivity contribution in [1.29, 1.82) is 0 Å². The summed E-state index contributed by atoms with van der Waals surface area (Å²) in [4.78, 5) is 12.3. The molecule has 0 aliphatic carbocycles. The Labute approximate surface area is 153 Å². The number of para-hydroxylation sites is 2. The van der Waals surface area contributed by atoms with Crippen molar-refractivity contribution >= 4 is 27.7 Å². The fraction of sp³-hybridized carbons (Fsp3) is 0.0500. The maximum Gasteiger partial charge on any atom is 0.292 e. The largest absolute Gasteiger partial charge is 0.454 e. The summed E-state index contributed by atoms with van der Waals surface area (Å²) < 4.78 is 7.84. The van der Waals surface area contributed by atoms with Gasteiger partial charge in [0.25, 0.3) is 5.56 Å². The molecular formula is C20H15N5O2. The monoisotopic (exact) mass is 357 g/mol. The Morgan fingerprint density at radius 2 is 1.81 bits per heavy atom. The molecule has 5 rings (SSSR count). The van der Waals surface area contributed by atoms with Crippen LogP contribution in [-0.4, -0.2) is 20.0 Å². The number of hydrogen-bond donors (Lipinski definition) is 2. The first-order valence-electron chi connectivity index (χ1n) is 8.46. The number of nitrogens with two attached hydrogens (primary N) is 1. The van der Waals surface area contributed by atoms with E-state index in [4.69, 9.17) is 10.2 Å². The quantitative estimate of drug-likeness (QED) is 0.504. The normalized spacial score (nSPS) is 11.4. The van der Waals surface area contributed by atoms with Crippen molar-refractivity contribution in [2.24, 2.45) is 0 Å². The van der Waals surface area contributed by atoms with Crippen LogP contribution in [-0.2, 0) is 0 Å². The summed E-state index contributed by atoms with van der Waals surface area (Å²) in [6.45, 7) is 1.98. The van der Waals surface area contributed by atoms with Crippen LogP contribution in [0.4, 0.5) is 5.82 Å². The summed E-state index contributed by atoms with van der Waals surface area (Å²) >= 11 is 0. The number of aromatic amines is 1. The van der Waals surface area contributed by atoms with E-state index in [0.717, 1.165) is 22.2 Å². The number of fused-ring (bicyclic) bond motifs is 2. The van der Waals surface area contributed by atoms with Gasteiger partial charge in [0.2, 0.25) is 0 Å². The van der Waals surface area contributed by atoms with Crippen molar-refractivity contribution in [1.82, 2.24) is 20.0 Å². The molecule has 0 saturated carbocycles. The summed E-state index contributed by atoms with van der Waals surface area (Å²) in [5.74, 6) is 0.809. The van der Waals surface area contributed by atoms with Gasteiger partial charge >= 0.3 is 0 Å². The lowest BCUT2D eigenvalue weighted by molar-refractivity contribution is 0.622. The average Bonchev–Trinajstić information content (AvgIpc) is 3.25. The molecule has 0 atom stereocenters. The van der Waals surface area contributed by atoms with Crippen molar-refractivity contribution in [2.45, 2.75) is 6.92 Å². The van der Waals surface area contributed by atoms with Gasteiger partial charge in [0.05, 0.1) is 11.1 Å². The second kappa shape index (κ2) is 5.57. The van der Waals surface area contributed by atoms with Gasteiger partial charge in [-0.1, -0.05) is 36.4 Å². The first-order chi connectivity index (χ1) is 13.1. The van der Waals surface area contributed by atoms with E-state index in [9.17, 15) is 4.79 Å². The topological polar surface area (TPSA) is 103 Å². The van der Waals surface area contributed by atoms with Gasteiger partial charge in [-0.05, 0) is 25.1 Å². The van der Waals surface area contributed by atoms with Crippen molar-refractivity contribution < 1.29 is 4.42 Å². The van der Waals surface area contributed by atoms with Crippen LogP contribution in [0.1, 0.15) is 5.56 Å². The van der Waals surface area contributed by atoms with E-state index < -0.39 is 5.56 Å². The maximum absolute atomic E-state index is 12.3. The molecule has 0 radical (unpaired) electrons. The first kappa shape index (κ1) is 15.4. The Kier molecular flexibility index (Phi) is 3.17. The molecular weight excluding hydrogens is 342 g/mol. The average molecular weight is 357 g/mol. The van der Waals surface area contributed by atoms with Crippen LogP contribution in [0.3, 0.4) is 0 Å². The van der Waals surface area contributed by atoms with Crippen molar-refractivity contribution in [3.8, 4) is 17.1 Å². The zero-order chi connectivity index (χ0) is 18.5. The summed E-state index contributed by atoms with van der Waals surface area (Å²) in [6.07, 6.45) is 0. The molecule has 3 N–H and O–H groups in total. The molecule has 0 bridgehead atoms. The van der Waals surface area contributed by atoms with Gasteiger partial charge in [-0.3, -0.25) is 4.79 Å². The standard InChI is InChI=1S/C20H15N5O2/c1-11-13-9-5-6-10-14(13)27-18(11)17-15-16(20(26)23-22-19(15)21)24-25(17)12-7-3-2-4-8-12/h2-10H,1H3,(H2,21,22)(H,23,26). The van der Waals surface area contributed by atoms with E-state index in [0.29, 0.717) is 16.8 Å². The molecule has 0 aliphatic heterocycles. The van der Waals surface area contributed by atoms with Gasteiger partial charge in [-0.15, -0.1) is 0 Å². The number of aryl methyl sites for hydroxylation is 1. The van der Waals surface area contributed by atoms with Crippen molar-refractivity contribution in [3.63, 3.8) is 0 Å². The number of furan rings is 1. The van der Waals surface area contributed by atoms with Crippen LogP contribution in [0.15, 0.2) is 63.8 Å². The number of hydrogen-bond acceptors (Lipinski definition) is 5.